The van der Waals surface area contributed by atoms with E-state index in [1.807, 2.05) is 0 Å². The number of hydrogen-bond donors (Lipinski definition) is 1. The van der Waals surface area contributed by atoms with Crippen LogP contribution in [0.15, 0.2) is 30.0 Å². The Morgan fingerprint density at radius 1 is 1.27 bits per heavy atom. The van der Waals surface area contributed by atoms with Gasteiger partial charge in [0.2, 0.25) is 0 Å². The number of alkyl halides is 3. The maximum absolute atomic E-state index is 13.0. The summed E-state index contributed by atoms with van der Waals surface area (Å²) in [6.07, 6.45) is -4.40. The van der Waals surface area contributed by atoms with Gasteiger partial charge < -0.3 is 19.5 Å². The second kappa shape index (κ2) is 7.58. The zero-order chi connectivity index (χ0) is 16.8. The van der Waals surface area contributed by atoms with Crippen LogP contribution in [0.5, 0.6) is 11.5 Å². The molecule has 0 saturated heterocycles. The smallest absolute Gasteiger partial charge is 0.431 e. The fourth-order valence-electron chi connectivity index (χ4n) is 1.54. The summed E-state index contributed by atoms with van der Waals surface area (Å²) in [6, 6.07) is 4.23. The molecule has 0 aliphatic carbocycles. The second-order valence-corrected chi connectivity index (χ2v) is 4.00. The molecule has 0 fully saturated rings. The van der Waals surface area contributed by atoms with Gasteiger partial charge in [-0.05, 0) is 19.1 Å². The van der Waals surface area contributed by atoms with Crippen molar-refractivity contribution in [3.05, 3.63) is 30.0 Å². The average Bonchev–Trinajstić information content (AvgIpc) is 2.46. The number of ether oxygens (including phenoxy) is 3. The van der Waals surface area contributed by atoms with Gasteiger partial charge in [0.05, 0.1) is 32.6 Å². The fourth-order valence-corrected chi connectivity index (χ4v) is 1.54. The number of methoxy groups -OCH3 is 2. The van der Waals surface area contributed by atoms with E-state index in [4.69, 9.17) is 9.47 Å². The van der Waals surface area contributed by atoms with E-state index < -0.39 is 17.8 Å². The van der Waals surface area contributed by atoms with Crippen LogP contribution in [0.4, 0.5) is 18.9 Å². The Morgan fingerprint density at radius 2 is 1.95 bits per heavy atom. The normalized spacial score (nSPS) is 11.8. The number of anilines is 1. The summed E-state index contributed by atoms with van der Waals surface area (Å²) in [5, 5.41) is 2.13. The van der Waals surface area contributed by atoms with Crippen LogP contribution in [-0.4, -0.2) is 33.0 Å². The Labute approximate surface area is 125 Å². The summed E-state index contributed by atoms with van der Waals surface area (Å²) in [4.78, 5) is 11.3. The Bertz CT molecular complexity index is 556. The highest BCUT2D eigenvalue weighted by Gasteiger charge is 2.35. The molecule has 0 radical (unpaired) electrons. The van der Waals surface area contributed by atoms with Crippen molar-refractivity contribution in [3.63, 3.8) is 0 Å². The SMILES string of the molecule is CCOC(=O)/C=C(\Nc1ccc(OC)cc1OC)C(F)(F)F. The molecule has 22 heavy (non-hydrogen) atoms. The minimum Gasteiger partial charge on any atom is -0.497 e. The van der Waals surface area contributed by atoms with Gasteiger partial charge in [0.15, 0.2) is 0 Å². The first-order valence-corrected chi connectivity index (χ1v) is 6.26. The van der Waals surface area contributed by atoms with Crippen LogP contribution >= 0.6 is 0 Å². The molecule has 0 aliphatic rings. The number of carbonyl (C=O) groups is 1. The lowest BCUT2D eigenvalue weighted by atomic mass is 10.2. The molecule has 1 rings (SSSR count). The number of nitrogens with one attached hydrogen (secondary N) is 1. The van der Waals surface area contributed by atoms with Crippen molar-refractivity contribution >= 4 is 11.7 Å². The first kappa shape index (κ1) is 17.7. The van der Waals surface area contributed by atoms with E-state index in [-0.39, 0.29) is 18.0 Å². The lowest BCUT2D eigenvalue weighted by Crippen LogP contribution is -2.21. The Hall–Kier alpha value is -2.38. The molecule has 1 aromatic carbocycles. The van der Waals surface area contributed by atoms with Crippen LogP contribution in [0.2, 0.25) is 0 Å². The van der Waals surface area contributed by atoms with Crippen molar-refractivity contribution in [1.29, 1.82) is 0 Å². The fraction of sp³-hybridized carbons (Fsp3) is 0.357. The van der Waals surface area contributed by atoms with Crippen molar-refractivity contribution < 1.29 is 32.2 Å². The van der Waals surface area contributed by atoms with Gasteiger partial charge in [-0.1, -0.05) is 0 Å². The monoisotopic (exact) mass is 319 g/mol. The molecule has 5 nitrogen and oxygen atoms in total. The summed E-state index contributed by atoms with van der Waals surface area (Å²) in [7, 11) is 2.73. The molecule has 8 heteroatoms. The van der Waals surface area contributed by atoms with Gasteiger partial charge in [-0.3, -0.25) is 0 Å². The Balaban J connectivity index is 3.12. The molecule has 1 N–H and O–H groups in total. The molecule has 0 aromatic heterocycles. The molecule has 0 spiro atoms. The standard InChI is InChI=1S/C14H16F3NO4/c1-4-22-13(19)8-12(14(15,16)17)18-10-6-5-9(20-2)7-11(10)21-3/h5-8,18H,4H2,1-3H3/b12-8-. The predicted molar refractivity (Wildman–Crippen MR) is 73.9 cm³/mol. The Kier molecular flexibility index (Phi) is 6.09. The van der Waals surface area contributed by atoms with Gasteiger partial charge >= 0.3 is 12.1 Å². The predicted octanol–water partition coefficient (Wildman–Crippen LogP) is 3.13. The maximum Gasteiger partial charge on any atom is 0.431 e. The Morgan fingerprint density at radius 3 is 2.45 bits per heavy atom. The van der Waals surface area contributed by atoms with Crippen molar-refractivity contribution in [2.24, 2.45) is 0 Å². The molecular weight excluding hydrogens is 303 g/mol. The number of allylic oxidation sites excluding steroid dienone is 1. The summed E-state index contributed by atoms with van der Waals surface area (Å²) < 4.78 is 53.4. The molecule has 0 amide bonds. The topological polar surface area (TPSA) is 56.8 Å². The number of rotatable bonds is 6. The molecule has 0 bridgehead atoms. The molecule has 0 atom stereocenters. The lowest BCUT2D eigenvalue weighted by molar-refractivity contribution is -0.138. The number of halogens is 3. The van der Waals surface area contributed by atoms with E-state index in [0.29, 0.717) is 11.8 Å². The third kappa shape index (κ3) is 4.87. The zero-order valence-electron chi connectivity index (χ0n) is 12.3. The lowest BCUT2D eigenvalue weighted by Gasteiger charge is -2.17. The minimum absolute atomic E-state index is 0.0215. The highest BCUT2D eigenvalue weighted by atomic mass is 19.4. The van der Waals surface area contributed by atoms with Crippen molar-refractivity contribution in [1.82, 2.24) is 0 Å². The van der Waals surface area contributed by atoms with Gasteiger partial charge in [0, 0.05) is 6.07 Å². The molecule has 1 aromatic rings. The highest BCUT2D eigenvalue weighted by Crippen LogP contribution is 2.33. The molecule has 0 unspecified atom stereocenters. The number of carbonyl (C=O) groups excluding carboxylic acids is 1. The summed E-state index contributed by atoms with van der Waals surface area (Å²) in [5.74, 6) is -0.529. The van der Waals surface area contributed by atoms with Crippen molar-refractivity contribution in [3.8, 4) is 11.5 Å². The summed E-state index contributed by atoms with van der Waals surface area (Å²) in [5.41, 5.74) is -1.22. The average molecular weight is 319 g/mol. The first-order chi connectivity index (χ1) is 10.3. The molecule has 0 heterocycles. The number of benzene rings is 1. The van der Waals surface area contributed by atoms with Gasteiger partial charge in [-0.15, -0.1) is 0 Å². The quantitative estimate of drug-likeness (QED) is 0.645. The third-order valence-corrected chi connectivity index (χ3v) is 2.53. The molecular formula is C14H16F3NO4. The first-order valence-electron chi connectivity index (χ1n) is 6.26. The van der Waals surface area contributed by atoms with Crippen LogP contribution in [0.3, 0.4) is 0 Å². The van der Waals surface area contributed by atoms with E-state index >= 15 is 0 Å². The minimum atomic E-state index is -4.75. The van der Waals surface area contributed by atoms with Crippen molar-refractivity contribution in [2.75, 3.05) is 26.1 Å². The van der Waals surface area contributed by atoms with Gasteiger partial charge in [-0.25, -0.2) is 4.79 Å². The second-order valence-electron chi connectivity index (χ2n) is 4.00. The maximum atomic E-state index is 13.0. The van der Waals surface area contributed by atoms with Crippen LogP contribution < -0.4 is 14.8 Å². The van der Waals surface area contributed by atoms with Gasteiger partial charge in [-0.2, -0.15) is 13.2 Å². The van der Waals surface area contributed by atoms with Crippen molar-refractivity contribution in [2.45, 2.75) is 13.1 Å². The third-order valence-electron chi connectivity index (χ3n) is 2.53. The molecule has 0 saturated carbocycles. The van der Waals surface area contributed by atoms with E-state index in [1.54, 1.807) is 0 Å². The zero-order valence-corrected chi connectivity index (χ0v) is 12.3. The van der Waals surface area contributed by atoms with E-state index in [2.05, 4.69) is 10.1 Å². The summed E-state index contributed by atoms with van der Waals surface area (Å²) >= 11 is 0. The largest absolute Gasteiger partial charge is 0.497 e. The number of hydrogen-bond acceptors (Lipinski definition) is 5. The van der Waals surface area contributed by atoms with E-state index in [0.717, 1.165) is 0 Å². The van der Waals surface area contributed by atoms with Crippen LogP contribution in [0, 0.1) is 0 Å². The van der Waals surface area contributed by atoms with E-state index in [9.17, 15) is 18.0 Å². The van der Waals surface area contributed by atoms with Crippen LogP contribution in [-0.2, 0) is 9.53 Å². The molecule has 0 aliphatic heterocycles. The van der Waals surface area contributed by atoms with Gasteiger partial charge in [0.1, 0.15) is 17.2 Å². The van der Waals surface area contributed by atoms with Crippen LogP contribution in [0.25, 0.3) is 0 Å². The van der Waals surface area contributed by atoms with Gasteiger partial charge in [0.25, 0.3) is 0 Å². The van der Waals surface area contributed by atoms with Crippen LogP contribution in [0.1, 0.15) is 6.92 Å². The highest BCUT2D eigenvalue weighted by molar-refractivity contribution is 5.84. The summed E-state index contributed by atoms with van der Waals surface area (Å²) in [6.45, 7) is 1.48. The molecule has 122 valence electrons. The number of esters is 1. The van der Waals surface area contributed by atoms with E-state index in [1.165, 1.54) is 39.3 Å².